The Labute approximate surface area is 269 Å². The Hall–Kier alpha value is -2.74. The number of halogens is 4. The van der Waals surface area contributed by atoms with Crippen LogP contribution in [0.2, 0.25) is 0 Å². The highest BCUT2D eigenvalue weighted by Crippen LogP contribution is 2.36. The number of alkyl halides is 3. The van der Waals surface area contributed by atoms with Crippen LogP contribution in [0.1, 0.15) is 87.6 Å². The lowest BCUT2D eigenvalue weighted by atomic mass is 10.1. The van der Waals surface area contributed by atoms with Crippen LogP contribution < -0.4 is 10.0 Å². The molecule has 254 valence electrons. The van der Waals surface area contributed by atoms with E-state index in [9.17, 15) is 22.7 Å². The molecule has 13 heteroatoms. The van der Waals surface area contributed by atoms with Gasteiger partial charge in [0.1, 0.15) is 11.4 Å². The first kappa shape index (κ1) is 40.3. The Morgan fingerprint density at radius 3 is 2.29 bits per heavy atom. The first-order valence-electron chi connectivity index (χ1n) is 15.3. The second-order valence-electron chi connectivity index (χ2n) is 11.5. The largest absolute Gasteiger partial charge is 0.419 e. The molecule has 45 heavy (non-hydrogen) atoms. The van der Waals surface area contributed by atoms with Gasteiger partial charge in [-0.1, -0.05) is 41.5 Å². The molecule has 3 N–H and O–H groups in total. The summed E-state index contributed by atoms with van der Waals surface area (Å²) in [4.78, 5) is 8.43. The molecule has 0 unspecified atom stereocenters. The Morgan fingerprint density at radius 1 is 1.04 bits per heavy atom. The van der Waals surface area contributed by atoms with Gasteiger partial charge in [-0.15, -0.1) is 0 Å². The molecule has 0 amide bonds. The summed E-state index contributed by atoms with van der Waals surface area (Å²) in [5.74, 6) is -0.243. The van der Waals surface area contributed by atoms with Crippen molar-refractivity contribution in [1.29, 1.82) is 0 Å². The van der Waals surface area contributed by atoms with Crippen molar-refractivity contribution in [3.8, 4) is 11.3 Å². The molecule has 0 aliphatic carbocycles. The number of hydrogen-bond acceptors (Lipinski definition) is 8. The number of nitrogens with zero attached hydrogens (tertiary/aromatic N) is 4. The van der Waals surface area contributed by atoms with Gasteiger partial charge >= 0.3 is 6.18 Å². The first-order chi connectivity index (χ1) is 21.0. The molecular weight excluding hydrogens is 608 g/mol. The van der Waals surface area contributed by atoms with E-state index in [1.54, 1.807) is 19.9 Å². The number of nitrogens with one attached hydrogen (secondary N) is 2. The highest BCUT2D eigenvalue weighted by Gasteiger charge is 2.36. The van der Waals surface area contributed by atoms with Gasteiger partial charge in [0.15, 0.2) is 0 Å². The number of aromatic nitrogens is 4. The summed E-state index contributed by atoms with van der Waals surface area (Å²) in [5, 5.41) is 16.7. The van der Waals surface area contributed by atoms with Crippen molar-refractivity contribution in [3.05, 3.63) is 48.2 Å². The Kier molecular flexibility index (Phi) is 16.5. The molecule has 3 aromatic rings. The third-order valence-corrected chi connectivity index (χ3v) is 6.78. The highest BCUT2D eigenvalue weighted by molar-refractivity contribution is 7.97. The van der Waals surface area contributed by atoms with Crippen LogP contribution in [0.3, 0.4) is 0 Å². The van der Waals surface area contributed by atoms with E-state index in [4.69, 9.17) is 4.74 Å². The molecule has 0 bridgehead atoms. The first-order valence-corrected chi connectivity index (χ1v) is 16.1. The van der Waals surface area contributed by atoms with Crippen molar-refractivity contribution >= 4 is 23.6 Å². The van der Waals surface area contributed by atoms with Crippen LogP contribution in [0.25, 0.3) is 11.3 Å². The van der Waals surface area contributed by atoms with Gasteiger partial charge in [0.25, 0.3) is 0 Å². The Balaban J connectivity index is 0.00000243. The van der Waals surface area contributed by atoms with E-state index >= 15 is 0 Å². The van der Waals surface area contributed by atoms with Crippen LogP contribution in [-0.4, -0.2) is 49.2 Å². The smallest absolute Gasteiger partial charge is 0.389 e. The average molecular weight is 659 g/mol. The van der Waals surface area contributed by atoms with Gasteiger partial charge in [-0.3, -0.25) is 9.40 Å². The van der Waals surface area contributed by atoms with E-state index in [0.717, 1.165) is 12.8 Å². The normalized spacial score (nSPS) is 11.9. The van der Waals surface area contributed by atoms with Crippen molar-refractivity contribution in [3.63, 3.8) is 0 Å². The summed E-state index contributed by atoms with van der Waals surface area (Å²) >= 11 is 1.27. The van der Waals surface area contributed by atoms with Crippen molar-refractivity contribution in [1.82, 2.24) is 24.5 Å². The molecule has 0 saturated heterocycles. The minimum Gasteiger partial charge on any atom is -0.389 e. The topological polar surface area (TPSA) is 97.1 Å². The zero-order chi connectivity index (χ0) is 34.4. The summed E-state index contributed by atoms with van der Waals surface area (Å²) in [6.07, 6.45) is 0.280. The van der Waals surface area contributed by atoms with Crippen molar-refractivity contribution in [2.45, 2.75) is 111 Å². The fourth-order valence-corrected chi connectivity index (χ4v) is 4.42. The minimum atomic E-state index is -4.72. The van der Waals surface area contributed by atoms with E-state index in [1.807, 2.05) is 41.5 Å². The molecule has 8 nitrogen and oxygen atoms in total. The monoisotopic (exact) mass is 658 g/mol. The molecule has 0 aliphatic heterocycles. The Morgan fingerprint density at radius 2 is 1.71 bits per heavy atom. The van der Waals surface area contributed by atoms with Gasteiger partial charge in [-0.05, 0) is 76.6 Å². The maximum Gasteiger partial charge on any atom is 0.419 e. The second-order valence-corrected chi connectivity index (χ2v) is 12.5. The quantitative estimate of drug-likeness (QED) is 0.0898. The van der Waals surface area contributed by atoms with E-state index in [-0.39, 0.29) is 29.3 Å². The summed E-state index contributed by atoms with van der Waals surface area (Å²) in [6.45, 7) is 20.9. The summed E-state index contributed by atoms with van der Waals surface area (Å²) in [6, 6.07) is 4.47. The number of anilines is 2. The Bertz CT molecular complexity index is 1290. The van der Waals surface area contributed by atoms with E-state index in [2.05, 4.69) is 39.0 Å². The minimum absolute atomic E-state index is 0.0115. The van der Waals surface area contributed by atoms with Crippen LogP contribution in [-0.2, 0) is 17.5 Å². The van der Waals surface area contributed by atoms with Gasteiger partial charge < -0.3 is 15.2 Å². The third kappa shape index (κ3) is 14.5. The van der Waals surface area contributed by atoms with Gasteiger partial charge in [0, 0.05) is 36.0 Å². The van der Waals surface area contributed by atoms with E-state index < -0.39 is 28.9 Å². The van der Waals surface area contributed by atoms with Crippen LogP contribution in [0.4, 0.5) is 29.2 Å². The van der Waals surface area contributed by atoms with Crippen molar-refractivity contribution < 1.29 is 27.4 Å². The number of benzene rings is 1. The molecular formula is C32H50F4N6O2S. The van der Waals surface area contributed by atoms with Gasteiger partial charge in [-0.2, -0.15) is 18.3 Å². The molecule has 2 aromatic heterocycles. The lowest BCUT2D eigenvalue weighted by Crippen LogP contribution is -2.29. The lowest BCUT2D eigenvalue weighted by molar-refractivity contribution is -0.137. The molecule has 0 radical (unpaired) electrons. The molecule has 2 heterocycles. The van der Waals surface area contributed by atoms with Gasteiger partial charge in [0.2, 0.25) is 5.95 Å². The number of aliphatic hydroxyl groups is 1. The molecule has 0 fully saturated rings. The van der Waals surface area contributed by atoms with Crippen molar-refractivity contribution in [2.75, 3.05) is 18.5 Å². The fraction of sp³-hybridized carbons (Fsp3) is 0.594. The summed E-state index contributed by atoms with van der Waals surface area (Å²) in [5.41, 5.74) is -2.78. The maximum absolute atomic E-state index is 14.9. The maximum atomic E-state index is 14.9. The van der Waals surface area contributed by atoms with Crippen LogP contribution in [0.5, 0.6) is 0 Å². The van der Waals surface area contributed by atoms with Crippen LogP contribution in [0, 0.1) is 11.7 Å². The molecule has 0 aliphatic rings. The molecule has 0 atom stereocenters. The number of rotatable bonds is 14. The van der Waals surface area contributed by atoms with E-state index in [0.29, 0.717) is 30.2 Å². The predicted octanol–water partition coefficient (Wildman–Crippen LogP) is 8.89. The number of ether oxygens (including phenoxy) is 1. The standard InChI is InChI=1S/C28H38F4N6O2S.2C2H6/c1-18(2)9-12-40-27(5,6)10-11-35-41-20-7-8-23(22(29)13-20)36-25-33-15-21(28(30,31)32)24(37-25)19-14-34-38(16-19)17-26(3,4)39;2*1-2/h7-8,13-16,18,35,39H,9-12,17H2,1-6H3,(H,33,36,37);2*1-2H3. The molecule has 0 saturated carbocycles. The summed E-state index contributed by atoms with van der Waals surface area (Å²) in [7, 11) is 0. The van der Waals surface area contributed by atoms with Gasteiger partial charge in [0.05, 0.1) is 35.3 Å². The molecule has 3 rings (SSSR count). The molecule has 0 spiro atoms. The van der Waals surface area contributed by atoms with E-state index in [1.165, 1.54) is 41.2 Å². The van der Waals surface area contributed by atoms with Gasteiger partial charge in [-0.25, -0.2) is 14.4 Å². The second kappa shape index (κ2) is 18.4. The number of hydrogen-bond donors (Lipinski definition) is 3. The zero-order valence-electron chi connectivity index (χ0n) is 28.1. The predicted molar refractivity (Wildman–Crippen MR) is 175 cm³/mol. The molecule has 1 aromatic carbocycles. The third-order valence-electron chi connectivity index (χ3n) is 5.94. The fourth-order valence-electron chi connectivity index (χ4n) is 3.75. The van der Waals surface area contributed by atoms with Crippen molar-refractivity contribution in [2.24, 2.45) is 5.92 Å². The lowest BCUT2D eigenvalue weighted by Gasteiger charge is -2.26. The SMILES string of the molecule is CC.CC.CC(C)CCOC(C)(C)CCNSc1ccc(Nc2ncc(C(F)(F)F)c(-c3cnn(CC(C)(C)O)c3)n2)c(F)c1. The highest BCUT2D eigenvalue weighted by atomic mass is 32.2. The van der Waals surface area contributed by atoms with Crippen LogP contribution >= 0.6 is 11.9 Å². The average Bonchev–Trinajstić information content (AvgIpc) is 3.40. The van der Waals surface area contributed by atoms with Crippen LogP contribution in [0.15, 0.2) is 41.7 Å². The summed E-state index contributed by atoms with van der Waals surface area (Å²) < 4.78 is 66.5. The zero-order valence-corrected chi connectivity index (χ0v) is 29.0.